The summed E-state index contributed by atoms with van der Waals surface area (Å²) in [4.78, 5) is 10.7. The van der Waals surface area contributed by atoms with Gasteiger partial charge >= 0.3 is 5.97 Å². The molecule has 0 aromatic heterocycles. The van der Waals surface area contributed by atoms with Crippen molar-refractivity contribution in [1.82, 2.24) is 0 Å². The van der Waals surface area contributed by atoms with Crippen LogP contribution in [-0.2, 0) is 15.7 Å². The standard InChI is InChI=1S/C8H7Cl2NO4S/c1-4(12)15-8-6(9)2-5(3-7(8)10)11-16(13)14/h2-3,16H,1H3,(H,11,13,14). The fraction of sp³-hybridized carbons (Fsp3) is 0.125. The lowest BCUT2D eigenvalue weighted by atomic mass is 10.3. The van der Waals surface area contributed by atoms with Gasteiger partial charge in [-0.2, -0.15) is 0 Å². The van der Waals surface area contributed by atoms with Gasteiger partial charge in [0.1, 0.15) is 0 Å². The molecule has 1 N–H and O–H groups in total. The number of benzene rings is 1. The number of halogens is 2. The van der Waals surface area contributed by atoms with E-state index in [0.717, 1.165) is 0 Å². The second-order valence-corrected chi connectivity index (χ2v) is 4.28. The molecule has 1 rings (SSSR count). The Labute approximate surface area is 103 Å². The van der Waals surface area contributed by atoms with Crippen molar-refractivity contribution in [2.45, 2.75) is 6.92 Å². The number of nitrogens with one attached hydrogen (secondary N) is 1. The van der Waals surface area contributed by atoms with Crippen LogP contribution in [0.4, 0.5) is 5.69 Å². The highest BCUT2D eigenvalue weighted by Crippen LogP contribution is 2.36. The number of hydrogen-bond donors (Lipinski definition) is 2. The fourth-order valence-electron chi connectivity index (χ4n) is 0.971. The van der Waals surface area contributed by atoms with E-state index in [-0.39, 0.29) is 21.5 Å². The van der Waals surface area contributed by atoms with Crippen LogP contribution < -0.4 is 9.46 Å². The average Bonchev–Trinajstić information content (AvgIpc) is 2.10. The second kappa shape index (κ2) is 5.38. The van der Waals surface area contributed by atoms with Crippen LogP contribution in [0.25, 0.3) is 0 Å². The Morgan fingerprint density at radius 3 is 2.19 bits per heavy atom. The van der Waals surface area contributed by atoms with Crippen LogP contribution in [0.5, 0.6) is 5.75 Å². The van der Waals surface area contributed by atoms with Gasteiger partial charge < -0.3 is 4.74 Å². The first-order chi connectivity index (χ1) is 7.40. The van der Waals surface area contributed by atoms with E-state index in [0.29, 0.717) is 0 Å². The summed E-state index contributed by atoms with van der Waals surface area (Å²) in [6, 6.07) is 2.58. The number of hydrogen-bond acceptors (Lipinski definition) is 4. The molecule has 0 saturated carbocycles. The van der Waals surface area contributed by atoms with Gasteiger partial charge in [-0.15, -0.1) is 0 Å². The molecule has 8 heteroatoms. The van der Waals surface area contributed by atoms with Crippen molar-refractivity contribution in [2.24, 2.45) is 0 Å². The summed E-state index contributed by atoms with van der Waals surface area (Å²) in [6.45, 7) is 1.20. The minimum absolute atomic E-state index is 0.00232. The van der Waals surface area contributed by atoms with E-state index in [2.05, 4.69) is 4.72 Å². The highest BCUT2D eigenvalue weighted by molar-refractivity contribution is 7.73. The molecular weight excluding hydrogens is 277 g/mol. The Bertz CT molecular complexity index is 470. The topological polar surface area (TPSA) is 72.5 Å². The minimum Gasteiger partial charge on any atom is -0.424 e. The molecule has 0 aliphatic carbocycles. The van der Waals surface area contributed by atoms with Crippen LogP contribution in [0.2, 0.25) is 10.0 Å². The first-order valence-electron chi connectivity index (χ1n) is 3.98. The van der Waals surface area contributed by atoms with Gasteiger partial charge in [0.25, 0.3) is 0 Å². The highest BCUT2D eigenvalue weighted by Gasteiger charge is 2.11. The molecule has 0 bridgehead atoms. The molecule has 1 aromatic rings. The molecule has 0 fully saturated rings. The van der Waals surface area contributed by atoms with Crippen LogP contribution >= 0.6 is 23.2 Å². The van der Waals surface area contributed by atoms with E-state index in [4.69, 9.17) is 27.9 Å². The number of ether oxygens (including phenoxy) is 1. The van der Waals surface area contributed by atoms with E-state index < -0.39 is 16.9 Å². The van der Waals surface area contributed by atoms with Crippen molar-refractivity contribution in [3.8, 4) is 5.75 Å². The quantitative estimate of drug-likeness (QED) is 0.505. The average molecular weight is 284 g/mol. The molecule has 5 nitrogen and oxygen atoms in total. The van der Waals surface area contributed by atoms with E-state index >= 15 is 0 Å². The molecular formula is C8H7Cl2NO4S. The van der Waals surface area contributed by atoms with Gasteiger partial charge in [0, 0.05) is 6.92 Å². The van der Waals surface area contributed by atoms with Crippen LogP contribution in [-0.4, -0.2) is 14.4 Å². The smallest absolute Gasteiger partial charge is 0.308 e. The van der Waals surface area contributed by atoms with E-state index in [1.165, 1.54) is 19.1 Å². The first kappa shape index (κ1) is 13.1. The van der Waals surface area contributed by atoms with Crippen LogP contribution in [0, 0.1) is 0 Å². The van der Waals surface area contributed by atoms with Crippen molar-refractivity contribution in [3.05, 3.63) is 22.2 Å². The van der Waals surface area contributed by atoms with E-state index in [9.17, 15) is 13.2 Å². The Hall–Kier alpha value is -0.980. The number of rotatable bonds is 3. The van der Waals surface area contributed by atoms with Crippen molar-refractivity contribution in [3.63, 3.8) is 0 Å². The molecule has 0 amide bonds. The maximum Gasteiger partial charge on any atom is 0.308 e. The summed E-state index contributed by atoms with van der Waals surface area (Å²) in [7, 11) is -2.80. The zero-order valence-corrected chi connectivity index (χ0v) is 10.4. The molecule has 0 saturated heterocycles. The fourth-order valence-corrected chi connectivity index (χ4v) is 1.88. The zero-order valence-electron chi connectivity index (χ0n) is 7.99. The molecule has 88 valence electrons. The monoisotopic (exact) mass is 283 g/mol. The largest absolute Gasteiger partial charge is 0.424 e. The zero-order chi connectivity index (χ0) is 12.3. The molecule has 0 radical (unpaired) electrons. The molecule has 16 heavy (non-hydrogen) atoms. The molecule has 0 spiro atoms. The minimum atomic E-state index is -2.80. The third-order valence-corrected chi connectivity index (χ3v) is 2.47. The van der Waals surface area contributed by atoms with Crippen molar-refractivity contribution < 1.29 is 17.9 Å². The van der Waals surface area contributed by atoms with Gasteiger partial charge in [0.15, 0.2) is 5.75 Å². The third-order valence-electron chi connectivity index (χ3n) is 1.46. The lowest BCUT2D eigenvalue weighted by molar-refractivity contribution is -0.131. The molecule has 1 aromatic carbocycles. The maximum absolute atomic E-state index is 10.7. The Morgan fingerprint density at radius 1 is 1.31 bits per heavy atom. The number of anilines is 1. The summed E-state index contributed by atoms with van der Waals surface area (Å²) in [6.07, 6.45) is 0. The van der Waals surface area contributed by atoms with Gasteiger partial charge in [-0.3, -0.25) is 9.52 Å². The molecule has 0 unspecified atom stereocenters. The first-order valence-corrected chi connectivity index (χ1v) is 5.92. The number of esters is 1. The maximum atomic E-state index is 10.7. The van der Waals surface area contributed by atoms with Gasteiger partial charge in [-0.25, -0.2) is 8.42 Å². The number of thiol groups is 1. The highest BCUT2D eigenvalue weighted by atomic mass is 35.5. The Kier molecular flexibility index (Phi) is 4.40. The Balaban J connectivity index is 3.11. The lowest BCUT2D eigenvalue weighted by Gasteiger charge is -2.08. The van der Waals surface area contributed by atoms with Crippen molar-refractivity contribution in [1.29, 1.82) is 0 Å². The summed E-state index contributed by atoms with van der Waals surface area (Å²) < 4.78 is 27.7. The summed E-state index contributed by atoms with van der Waals surface area (Å²) in [5, 5.41) is 0.0871. The van der Waals surface area contributed by atoms with Gasteiger partial charge in [-0.05, 0) is 12.1 Å². The van der Waals surface area contributed by atoms with Crippen LogP contribution in [0.3, 0.4) is 0 Å². The van der Waals surface area contributed by atoms with Crippen LogP contribution in [0.1, 0.15) is 6.92 Å². The normalized spacial score (nSPS) is 10.2. The van der Waals surface area contributed by atoms with Crippen LogP contribution in [0.15, 0.2) is 12.1 Å². The number of carbonyl (C=O) groups excluding carboxylic acids is 1. The SMILES string of the molecule is CC(=O)Oc1c(Cl)cc(N[SH](=O)=O)cc1Cl. The van der Waals surface area contributed by atoms with E-state index in [1.807, 2.05) is 0 Å². The molecule has 0 atom stereocenters. The van der Waals surface area contributed by atoms with E-state index in [1.54, 1.807) is 0 Å². The lowest BCUT2D eigenvalue weighted by Crippen LogP contribution is -2.03. The second-order valence-electron chi connectivity index (χ2n) is 2.73. The predicted molar refractivity (Wildman–Crippen MR) is 61.7 cm³/mol. The Morgan fingerprint density at radius 2 is 1.81 bits per heavy atom. The third kappa shape index (κ3) is 3.55. The molecule has 0 heterocycles. The summed E-state index contributed by atoms with van der Waals surface area (Å²) in [5.74, 6) is -0.568. The molecule has 0 aliphatic heterocycles. The van der Waals surface area contributed by atoms with Gasteiger partial charge in [0.05, 0.1) is 15.7 Å². The molecule has 0 aliphatic rings. The predicted octanol–water partition coefficient (Wildman–Crippen LogP) is 1.86. The summed E-state index contributed by atoms with van der Waals surface area (Å²) in [5.41, 5.74) is 0.196. The van der Waals surface area contributed by atoms with Gasteiger partial charge in [0.2, 0.25) is 10.9 Å². The van der Waals surface area contributed by atoms with Crippen molar-refractivity contribution in [2.75, 3.05) is 4.72 Å². The summed E-state index contributed by atoms with van der Waals surface area (Å²) >= 11 is 11.5. The van der Waals surface area contributed by atoms with Crippen molar-refractivity contribution >= 4 is 45.7 Å². The van der Waals surface area contributed by atoms with Gasteiger partial charge in [-0.1, -0.05) is 23.2 Å². The number of carbonyl (C=O) groups is 1.